The van der Waals surface area contributed by atoms with Gasteiger partial charge < -0.3 is 14.2 Å². The van der Waals surface area contributed by atoms with Gasteiger partial charge in [0.15, 0.2) is 6.10 Å². The Labute approximate surface area is 221 Å². The van der Waals surface area contributed by atoms with Gasteiger partial charge in [-0.2, -0.15) is 5.10 Å². The van der Waals surface area contributed by atoms with Crippen LogP contribution < -0.4 is 19.6 Å². The summed E-state index contributed by atoms with van der Waals surface area (Å²) in [5.74, 6) is 0.838. The maximum Gasteiger partial charge on any atom is 0.343 e. The minimum Gasteiger partial charge on any atom is -0.489 e. The lowest BCUT2D eigenvalue weighted by molar-refractivity contribution is -0.127. The molecular formula is C31H28N2O5. The minimum atomic E-state index is -0.758. The largest absolute Gasteiger partial charge is 0.489 e. The number of rotatable bonds is 10. The number of nitrogens with zero attached hydrogens (tertiary/aromatic N) is 1. The molecule has 0 heterocycles. The van der Waals surface area contributed by atoms with E-state index >= 15 is 0 Å². The number of carbonyl (C=O) groups excluding carboxylic acids is 2. The molecule has 0 bridgehead atoms. The van der Waals surface area contributed by atoms with Crippen LogP contribution in [0.5, 0.6) is 17.2 Å². The first-order valence-electron chi connectivity index (χ1n) is 12.1. The average Bonchev–Trinajstić information content (AvgIpc) is 2.94. The molecule has 0 aliphatic rings. The fourth-order valence-corrected chi connectivity index (χ4v) is 3.35. The fourth-order valence-electron chi connectivity index (χ4n) is 3.35. The zero-order valence-electron chi connectivity index (χ0n) is 21.2. The first-order valence-corrected chi connectivity index (χ1v) is 12.1. The third-order valence-corrected chi connectivity index (χ3v) is 5.52. The van der Waals surface area contributed by atoms with E-state index < -0.39 is 18.0 Å². The number of esters is 1. The third kappa shape index (κ3) is 7.80. The van der Waals surface area contributed by atoms with Crippen molar-refractivity contribution in [3.8, 4) is 17.2 Å². The van der Waals surface area contributed by atoms with Crippen molar-refractivity contribution in [3.05, 3.63) is 125 Å². The molecule has 0 saturated heterocycles. The maximum absolute atomic E-state index is 12.4. The van der Waals surface area contributed by atoms with Crippen molar-refractivity contribution in [2.45, 2.75) is 26.6 Å². The molecule has 0 aromatic heterocycles. The summed E-state index contributed by atoms with van der Waals surface area (Å²) in [6.45, 7) is 4.06. The molecule has 4 aromatic rings. The number of benzene rings is 4. The van der Waals surface area contributed by atoms with Crippen LogP contribution in [0.2, 0.25) is 0 Å². The highest BCUT2D eigenvalue weighted by Gasteiger charge is 2.14. The van der Waals surface area contributed by atoms with Gasteiger partial charge in [0.1, 0.15) is 23.9 Å². The number of hydrogen-bond donors (Lipinski definition) is 1. The van der Waals surface area contributed by atoms with E-state index in [4.69, 9.17) is 14.2 Å². The number of carbonyl (C=O) groups is 2. The van der Waals surface area contributed by atoms with Crippen molar-refractivity contribution in [3.63, 3.8) is 0 Å². The van der Waals surface area contributed by atoms with E-state index in [2.05, 4.69) is 10.5 Å². The number of aryl methyl sites for hydroxylation is 1. The Morgan fingerprint density at radius 2 is 1.45 bits per heavy atom. The molecule has 7 heteroatoms. The highest BCUT2D eigenvalue weighted by Crippen LogP contribution is 2.20. The molecular weight excluding hydrogens is 480 g/mol. The van der Waals surface area contributed by atoms with Crippen molar-refractivity contribution < 1.29 is 23.8 Å². The van der Waals surface area contributed by atoms with Gasteiger partial charge in [-0.1, -0.05) is 48.0 Å². The monoisotopic (exact) mass is 508 g/mol. The van der Waals surface area contributed by atoms with E-state index in [1.807, 2.05) is 49.4 Å². The van der Waals surface area contributed by atoms with Gasteiger partial charge >= 0.3 is 5.97 Å². The van der Waals surface area contributed by atoms with Crippen molar-refractivity contribution in [2.24, 2.45) is 5.10 Å². The topological polar surface area (TPSA) is 86.2 Å². The summed E-state index contributed by atoms with van der Waals surface area (Å²) < 4.78 is 16.9. The Bertz CT molecular complexity index is 1370. The zero-order valence-corrected chi connectivity index (χ0v) is 21.2. The van der Waals surface area contributed by atoms with E-state index in [1.54, 1.807) is 67.6 Å². The number of ether oxygens (including phenoxy) is 3. The highest BCUT2D eigenvalue weighted by atomic mass is 16.5. The van der Waals surface area contributed by atoms with Crippen LogP contribution >= 0.6 is 0 Å². The van der Waals surface area contributed by atoms with Crippen LogP contribution in [0.3, 0.4) is 0 Å². The average molecular weight is 509 g/mol. The van der Waals surface area contributed by atoms with Crippen LogP contribution in [0.15, 0.2) is 108 Å². The SMILES string of the molecule is Cc1ccc(C(=O)Oc2ccc(C=NNC(=O)C(C)Oc3ccc(OCc4ccccc4)cc3)cc2)cc1. The number of nitrogens with one attached hydrogen (secondary N) is 1. The van der Waals surface area contributed by atoms with Crippen molar-refractivity contribution in [1.82, 2.24) is 5.43 Å². The molecule has 38 heavy (non-hydrogen) atoms. The van der Waals surface area contributed by atoms with Gasteiger partial charge in [0, 0.05) is 0 Å². The second-order valence-electron chi connectivity index (χ2n) is 8.56. The smallest absolute Gasteiger partial charge is 0.343 e. The molecule has 1 amide bonds. The van der Waals surface area contributed by atoms with E-state index in [0.717, 1.165) is 16.7 Å². The van der Waals surface area contributed by atoms with Crippen LogP contribution in [0.1, 0.15) is 34.0 Å². The van der Waals surface area contributed by atoms with Crippen molar-refractivity contribution in [1.29, 1.82) is 0 Å². The molecule has 4 aromatic carbocycles. The lowest BCUT2D eigenvalue weighted by atomic mass is 10.1. The number of hydrazone groups is 1. The Kier molecular flexibility index (Phi) is 8.86. The van der Waals surface area contributed by atoms with E-state index in [0.29, 0.717) is 29.4 Å². The van der Waals surface area contributed by atoms with Crippen molar-refractivity contribution >= 4 is 18.1 Å². The lowest BCUT2D eigenvalue weighted by Crippen LogP contribution is -2.33. The van der Waals surface area contributed by atoms with Gasteiger partial charge in [0.2, 0.25) is 0 Å². The Hall–Kier alpha value is -4.91. The van der Waals surface area contributed by atoms with Crippen LogP contribution in [-0.4, -0.2) is 24.2 Å². The molecule has 0 aliphatic heterocycles. The number of hydrogen-bond acceptors (Lipinski definition) is 6. The van der Waals surface area contributed by atoms with E-state index in [-0.39, 0.29) is 0 Å². The fraction of sp³-hybridized carbons (Fsp3) is 0.129. The molecule has 1 unspecified atom stereocenters. The Morgan fingerprint density at radius 3 is 2.13 bits per heavy atom. The lowest BCUT2D eigenvalue weighted by Gasteiger charge is -2.13. The summed E-state index contributed by atoms with van der Waals surface area (Å²) in [5, 5.41) is 3.99. The molecule has 0 spiro atoms. The predicted molar refractivity (Wildman–Crippen MR) is 146 cm³/mol. The summed E-state index contributed by atoms with van der Waals surface area (Å²) in [5.41, 5.74) is 5.82. The summed E-state index contributed by atoms with van der Waals surface area (Å²) in [7, 11) is 0. The molecule has 0 aliphatic carbocycles. The Morgan fingerprint density at radius 1 is 0.816 bits per heavy atom. The molecule has 0 fully saturated rings. The third-order valence-electron chi connectivity index (χ3n) is 5.52. The quantitative estimate of drug-likeness (QED) is 0.128. The van der Waals surface area contributed by atoms with Crippen LogP contribution in [0.25, 0.3) is 0 Å². The van der Waals surface area contributed by atoms with Crippen LogP contribution in [0.4, 0.5) is 0 Å². The number of amides is 1. The summed E-state index contributed by atoms with van der Waals surface area (Å²) in [6.07, 6.45) is 0.738. The van der Waals surface area contributed by atoms with Gasteiger partial charge in [-0.05, 0) is 85.6 Å². The standard InChI is InChI=1S/C31H28N2O5/c1-22-8-12-26(13-9-22)31(35)38-29-14-10-24(11-15-29)20-32-33-30(34)23(2)37-28-18-16-27(17-19-28)36-21-25-6-4-3-5-7-25/h3-20,23H,21H2,1-2H3,(H,33,34). The van der Waals surface area contributed by atoms with Gasteiger partial charge in [-0.15, -0.1) is 0 Å². The van der Waals surface area contributed by atoms with E-state index in [1.165, 1.54) is 6.21 Å². The first-order chi connectivity index (χ1) is 18.5. The van der Waals surface area contributed by atoms with Crippen LogP contribution in [0, 0.1) is 6.92 Å². The molecule has 0 radical (unpaired) electrons. The second kappa shape index (κ2) is 12.9. The molecule has 1 atom stereocenters. The molecule has 192 valence electrons. The predicted octanol–water partition coefficient (Wildman–Crippen LogP) is 5.71. The van der Waals surface area contributed by atoms with Gasteiger partial charge in [0.05, 0.1) is 11.8 Å². The van der Waals surface area contributed by atoms with E-state index in [9.17, 15) is 9.59 Å². The maximum atomic E-state index is 12.4. The zero-order chi connectivity index (χ0) is 26.7. The molecule has 4 rings (SSSR count). The van der Waals surface area contributed by atoms with Crippen molar-refractivity contribution in [2.75, 3.05) is 0 Å². The summed E-state index contributed by atoms with van der Waals surface area (Å²) in [6, 6.07) is 30.9. The van der Waals surface area contributed by atoms with Crippen LogP contribution in [-0.2, 0) is 11.4 Å². The summed E-state index contributed by atoms with van der Waals surface area (Å²) in [4.78, 5) is 24.6. The minimum absolute atomic E-state index is 0.394. The van der Waals surface area contributed by atoms with Gasteiger partial charge in [0.25, 0.3) is 5.91 Å². The molecule has 1 N–H and O–H groups in total. The normalized spacial score (nSPS) is 11.5. The van der Waals surface area contributed by atoms with Gasteiger partial charge in [-0.3, -0.25) is 4.79 Å². The first kappa shape index (κ1) is 26.2. The molecule has 0 saturated carbocycles. The Balaban J connectivity index is 1.21. The molecule has 7 nitrogen and oxygen atoms in total. The summed E-state index contributed by atoms with van der Waals surface area (Å²) >= 11 is 0. The van der Waals surface area contributed by atoms with Gasteiger partial charge in [-0.25, -0.2) is 10.2 Å². The second-order valence-corrected chi connectivity index (χ2v) is 8.56. The highest BCUT2D eigenvalue weighted by molar-refractivity contribution is 5.91.